The van der Waals surface area contributed by atoms with Gasteiger partial charge in [0.05, 0.1) is 0 Å². The monoisotopic (exact) mass is 259 g/mol. The average Bonchev–Trinajstić information content (AvgIpc) is 2.20. The van der Waals surface area contributed by atoms with Gasteiger partial charge >= 0.3 is 0 Å². The Labute approximate surface area is 103 Å². The Balaban J connectivity index is 2.28. The molecule has 6 heteroatoms. The summed E-state index contributed by atoms with van der Waals surface area (Å²) in [5.74, 6) is 0.747. The molecule has 0 amide bonds. The van der Waals surface area contributed by atoms with Gasteiger partial charge in [-0.05, 0) is 36.5 Å². The Bertz CT molecular complexity index is 351. The Morgan fingerprint density at radius 1 is 1.53 bits per heavy atom. The van der Waals surface area contributed by atoms with Crippen LogP contribution in [0.25, 0.3) is 0 Å². The molecular weight excluding hydrogens is 250 g/mol. The maximum absolute atomic E-state index is 5.76. The number of nitrogens with one attached hydrogen (secondary N) is 1. The van der Waals surface area contributed by atoms with Gasteiger partial charge in [0.1, 0.15) is 0 Å². The predicted octanol–water partition coefficient (Wildman–Crippen LogP) is 2.25. The minimum atomic E-state index is 0.169. The molecule has 0 spiro atoms. The first-order valence-corrected chi connectivity index (χ1v) is 5.91. The summed E-state index contributed by atoms with van der Waals surface area (Å²) in [4.78, 5) is 1.14. The molecule has 3 N–H and O–H groups in total. The van der Waals surface area contributed by atoms with Crippen molar-refractivity contribution in [3.05, 3.63) is 29.3 Å². The summed E-state index contributed by atoms with van der Waals surface area (Å²) in [6.45, 7) is 0. The van der Waals surface area contributed by atoms with Crippen molar-refractivity contribution in [2.24, 2.45) is 10.8 Å². The van der Waals surface area contributed by atoms with Crippen molar-refractivity contribution in [3.8, 4) is 0 Å². The Kier molecular flexibility index (Phi) is 5.45. The smallest absolute Gasteiger partial charge is 0.184 e. The van der Waals surface area contributed by atoms with Gasteiger partial charge in [0.2, 0.25) is 0 Å². The lowest BCUT2D eigenvalue weighted by Gasteiger charge is -1.97. The van der Waals surface area contributed by atoms with E-state index in [9.17, 15) is 0 Å². The van der Waals surface area contributed by atoms with Crippen LogP contribution >= 0.6 is 35.6 Å². The summed E-state index contributed by atoms with van der Waals surface area (Å²) in [5.41, 5.74) is 7.67. The van der Waals surface area contributed by atoms with Crippen molar-refractivity contribution in [3.63, 3.8) is 0 Å². The first-order chi connectivity index (χ1) is 7.18. The van der Waals surface area contributed by atoms with E-state index in [1.807, 2.05) is 24.3 Å². The highest BCUT2D eigenvalue weighted by Gasteiger charge is 1.91. The lowest BCUT2D eigenvalue weighted by atomic mass is 10.4. The van der Waals surface area contributed by atoms with E-state index in [2.05, 4.69) is 22.7 Å². The van der Waals surface area contributed by atoms with Gasteiger partial charge in [-0.3, -0.25) is 5.43 Å². The number of benzene rings is 1. The molecule has 0 saturated carbocycles. The van der Waals surface area contributed by atoms with Gasteiger partial charge in [0.25, 0.3) is 0 Å². The number of halogens is 1. The molecule has 3 nitrogen and oxygen atoms in total. The quantitative estimate of drug-likeness (QED) is 0.377. The van der Waals surface area contributed by atoms with E-state index in [1.165, 1.54) is 0 Å². The summed E-state index contributed by atoms with van der Waals surface area (Å²) < 4.78 is 0. The molecular formula is C9H10ClN3S2. The van der Waals surface area contributed by atoms with Crippen LogP contribution in [0.5, 0.6) is 0 Å². The third-order valence-corrected chi connectivity index (χ3v) is 2.67. The van der Waals surface area contributed by atoms with Crippen LogP contribution in [-0.4, -0.2) is 17.1 Å². The topological polar surface area (TPSA) is 50.4 Å². The van der Waals surface area contributed by atoms with Crippen LogP contribution in [0.15, 0.2) is 34.3 Å². The highest BCUT2D eigenvalue weighted by molar-refractivity contribution is 7.99. The van der Waals surface area contributed by atoms with E-state index in [0.717, 1.165) is 15.7 Å². The lowest BCUT2D eigenvalue weighted by molar-refractivity contribution is 1.04. The fourth-order valence-corrected chi connectivity index (χ4v) is 1.66. The van der Waals surface area contributed by atoms with Gasteiger partial charge in [-0.25, -0.2) is 0 Å². The molecule has 0 aliphatic carbocycles. The molecule has 80 valence electrons. The number of thioether (sulfide) groups is 1. The van der Waals surface area contributed by atoms with Crippen molar-refractivity contribution in [1.82, 2.24) is 5.43 Å². The fourth-order valence-electron chi connectivity index (χ4n) is 0.811. The van der Waals surface area contributed by atoms with E-state index < -0.39 is 0 Å². The summed E-state index contributed by atoms with van der Waals surface area (Å²) in [7, 11) is 0. The molecule has 0 radical (unpaired) electrons. The lowest BCUT2D eigenvalue weighted by Crippen LogP contribution is -2.24. The standard InChI is InChI=1S/C9H10ClN3S2/c10-7-1-3-8(4-2-7)15-6-5-12-13-9(11)14/h1-5H,6H2,(H3,11,13,14)/b12-5+. The minimum absolute atomic E-state index is 0.169. The summed E-state index contributed by atoms with van der Waals surface area (Å²) >= 11 is 12.0. The summed E-state index contributed by atoms with van der Waals surface area (Å²) in [5, 5.41) is 4.72. The van der Waals surface area contributed by atoms with Crippen molar-refractivity contribution in [2.75, 3.05) is 5.75 Å². The number of thiocarbonyl (C=S) groups is 1. The molecule has 0 atom stereocenters. The molecule has 0 aliphatic rings. The highest BCUT2D eigenvalue weighted by Crippen LogP contribution is 2.19. The molecule has 1 aromatic rings. The van der Waals surface area contributed by atoms with E-state index in [0.29, 0.717) is 0 Å². The molecule has 15 heavy (non-hydrogen) atoms. The number of rotatable bonds is 4. The molecule has 0 aromatic heterocycles. The van der Waals surface area contributed by atoms with E-state index in [4.69, 9.17) is 17.3 Å². The van der Waals surface area contributed by atoms with Gasteiger partial charge < -0.3 is 5.73 Å². The number of hydrogen-bond donors (Lipinski definition) is 2. The third-order valence-electron chi connectivity index (χ3n) is 1.40. The largest absolute Gasteiger partial charge is 0.375 e. The minimum Gasteiger partial charge on any atom is -0.375 e. The van der Waals surface area contributed by atoms with Crippen molar-refractivity contribution < 1.29 is 0 Å². The zero-order chi connectivity index (χ0) is 11.1. The highest BCUT2D eigenvalue weighted by atomic mass is 35.5. The number of hydrazone groups is 1. The fraction of sp³-hybridized carbons (Fsp3) is 0.111. The van der Waals surface area contributed by atoms with E-state index in [-0.39, 0.29) is 5.11 Å². The van der Waals surface area contributed by atoms with Crippen LogP contribution in [0.3, 0.4) is 0 Å². The van der Waals surface area contributed by atoms with Gasteiger partial charge in [-0.15, -0.1) is 11.8 Å². The number of nitrogens with zero attached hydrogens (tertiary/aromatic N) is 1. The molecule has 0 fully saturated rings. The predicted molar refractivity (Wildman–Crippen MR) is 70.6 cm³/mol. The van der Waals surface area contributed by atoms with Crippen molar-refractivity contribution >= 4 is 46.9 Å². The summed E-state index contributed by atoms with van der Waals surface area (Å²) in [6.07, 6.45) is 1.71. The van der Waals surface area contributed by atoms with Crippen LogP contribution in [0.2, 0.25) is 5.02 Å². The van der Waals surface area contributed by atoms with Crippen LogP contribution in [0.4, 0.5) is 0 Å². The van der Waals surface area contributed by atoms with Crippen molar-refractivity contribution in [2.45, 2.75) is 4.90 Å². The molecule has 0 heterocycles. The Morgan fingerprint density at radius 2 is 2.20 bits per heavy atom. The Morgan fingerprint density at radius 3 is 2.80 bits per heavy atom. The molecule has 0 saturated heterocycles. The SMILES string of the molecule is NC(=S)N/N=C/CSc1ccc(Cl)cc1. The van der Waals surface area contributed by atoms with E-state index in [1.54, 1.807) is 18.0 Å². The third kappa shape index (κ3) is 5.61. The molecule has 0 bridgehead atoms. The average molecular weight is 260 g/mol. The van der Waals surface area contributed by atoms with Gasteiger partial charge in [-0.1, -0.05) is 11.6 Å². The summed E-state index contributed by atoms with van der Waals surface area (Å²) in [6, 6.07) is 7.63. The maximum Gasteiger partial charge on any atom is 0.184 e. The molecule has 0 aliphatic heterocycles. The maximum atomic E-state index is 5.76. The van der Waals surface area contributed by atoms with Crippen LogP contribution in [0.1, 0.15) is 0 Å². The van der Waals surface area contributed by atoms with Gasteiger partial charge in [-0.2, -0.15) is 5.10 Å². The van der Waals surface area contributed by atoms with Crippen LogP contribution in [-0.2, 0) is 0 Å². The van der Waals surface area contributed by atoms with Gasteiger partial charge in [0, 0.05) is 21.9 Å². The van der Waals surface area contributed by atoms with Crippen LogP contribution < -0.4 is 11.2 Å². The second kappa shape index (κ2) is 6.66. The first kappa shape index (κ1) is 12.3. The van der Waals surface area contributed by atoms with Crippen LogP contribution in [0, 0.1) is 0 Å². The second-order valence-electron chi connectivity index (χ2n) is 2.55. The Hall–Kier alpha value is -0.780. The van der Waals surface area contributed by atoms with Crippen molar-refractivity contribution in [1.29, 1.82) is 0 Å². The molecule has 0 unspecified atom stereocenters. The second-order valence-corrected chi connectivity index (χ2v) is 4.52. The zero-order valence-corrected chi connectivity index (χ0v) is 10.2. The zero-order valence-electron chi connectivity index (χ0n) is 7.81. The number of hydrogen-bond acceptors (Lipinski definition) is 3. The first-order valence-electron chi connectivity index (χ1n) is 4.14. The molecule has 1 rings (SSSR count). The normalized spacial score (nSPS) is 10.5. The van der Waals surface area contributed by atoms with E-state index >= 15 is 0 Å². The van der Waals surface area contributed by atoms with Gasteiger partial charge in [0.15, 0.2) is 5.11 Å². The number of nitrogens with two attached hydrogens (primary N) is 1. The molecule has 1 aromatic carbocycles.